The average Bonchev–Trinajstić information content (AvgIpc) is 3.63. The first-order valence-electron chi connectivity index (χ1n) is 12.4. The summed E-state index contributed by atoms with van der Waals surface area (Å²) in [4.78, 5) is 9.28. The SMILES string of the molecule is Nc1nc(SC(Cc2ccc3cc4ccccc4cc3c2)c2ccccc2)cc2nc(-c3ccco3)nn12. The Balaban J connectivity index is 1.24. The fourth-order valence-electron chi connectivity index (χ4n) is 4.83. The zero-order chi connectivity index (χ0) is 25.5. The highest BCUT2D eigenvalue weighted by Crippen LogP contribution is 2.38. The lowest BCUT2D eigenvalue weighted by Crippen LogP contribution is -2.05. The maximum Gasteiger partial charge on any atom is 0.224 e. The molecule has 1 atom stereocenters. The molecule has 38 heavy (non-hydrogen) atoms. The van der Waals surface area contributed by atoms with E-state index in [9.17, 15) is 0 Å². The van der Waals surface area contributed by atoms with Crippen LogP contribution in [0.4, 0.5) is 5.95 Å². The van der Waals surface area contributed by atoms with Crippen molar-refractivity contribution in [1.82, 2.24) is 19.6 Å². The number of rotatable bonds is 6. The first-order valence-corrected chi connectivity index (χ1v) is 13.3. The Kier molecular flexibility index (Phi) is 5.56. The Morgan fingerprint density at radius 1 is 0.763 bits per heavy atom. The molecule has 3 heterocycles. The molecule has 7 rings (SSSR count). The Morgan fingerprint density at radius 3 is 2.32 bits per heavy atom. The predicted octanol–water partition coefficient (Wildman–Crippen LogP) is 7.35. The van der Waals surface area contributed by atoms with Gasteiger partial charge in [0.15, 0.2) is 11.4 Å². The van der Waals surface area contributed by atoms with Gasteiger partial charge >= 0.3 is 0 Å². The lowest BCUT2D eigenvalue weighted by atomic mass is 9.98. The Bertz CT molecular complexity index is 1900. The topological polar surface area (TPSA) is 82.2 Å². The summed E-state index contributed by atoms with van der Waals surface area (Å²) in [5.74, 6) is 1.36. The van der Waals surface area contributed by atoms with Crippen LogP contribution in [0.1, 0.15) is 16.4 Å². The van der Waals surface area contributed by atoms with Crippen molar-refractivity contribution in [3.63, 3.8) is 0 Å². The Hall–Kier alpha value is -4.62. The fraction of sp³-hybridized carbons (Fsp3) is 0.0645. The van der Waals surface area contributed by atoms with Crippen LogP contribution in [0.3, 0.4) is 0 Å². The van der Waals surface area contributed by atoms with E-state index in [1.54, 1.807) is 22.5 Å². The van der Waals surface area contributed by atoms with Crippen LogP contribution in [0.25, 0.3) is 38.8 Å². The van der Waals surface area contributed by atoms with E-state index in [2.05, 4.69) is 93.9 Å². The van der Waals surface area contributed by atoms with Gasteiger partial charge in [0.1, 0.15) is 5.03 Å². The van der Waals surface area contributed by atoms with Crippen molar-refractivity contribution in [3.05, 3.63) is 121 Å². The van der Waals surface area contributed by atoms with Crippen LogP contribution in [-0.4, -0.2) is 19.6 Å². The molecule has 0 spiro atoms. The average molecular weight is 514 g/mol. The number of fused-ring (bicyclic) bond motifs is 3. The highest BCUT2D eigenvalue weighted by Gasteiger charge is 2.18. The Labute approximate surface area is 223 Å². The van der Waals surface area contributed by atoms with Crippen molar-refractivity contribution < 1.29 is 4.42 Å². The lowest BCUT2D eigenvalue weighted by molar-refractivity contribution is 0.577. The van der Waals surface area contributed by atoms with Crippen LogP contribution in [-0.2, 0) is 6.42 Å². The van der Waals surface area contributed by atoms with Crippen LogP contribution in [0, 0.1) is 0 Å². The zero-order valence-corrected chi connectivity index (χ0v) is 21.2. The number of nitrogens with zero attached hydrogens (tertiary/aromatic N) is 4. The number of nitrogens with two attached hydrogens (primary N) is 1. The van der Waals surface area contributed by atoms with Crippen molar-refractivity contribution in [3.8, 4) is 11.6 Å². The van der Waals surface area contributed by atoms with Gasteiger partial charge in [-0.25, -0.2) is 9.97 Å². The number of furan rings is 1. The summed E-state index contributed by atoms with van der Waals surface area (Å²) in [5, 5.41) is 10.4. The Morgan fingerprint density at radius 2 is 1.53 bits per heavy atom. The lowest BCUT2D eigenvalue weighted by Gasteiger charge is -2.18. The molecule has 0 aliphatic carbocycles. The summed E-state index contributed by atoms with van der Waals surface area (Å²) < 4.78 is 7.01. The molecule has 0 fully saturated rings. The summed E-state index contributed by atoms with van der Waals surface area (Å²) in [6.45, 7) is 0. The normalized spacial score (nSPS) is 12.4. The van der Waals surface area contributed by atoms with E-state index >= 15 is 0 Å². The maximum atomic E-state index is 6.30. The van der Waals surface area contributed by atoms with Gasteiger partial charge in [0.05, 0.1) is 6.26 Å². The van der Waals surface area contributed by atoms with Gasteiger partial charge in [-0.2, -0.15) is 4.52 Å². The summed E-state index contributed by atoms with van der Waals surface area (Å²) in [7, 11) is 0. The van der Waals surface area contributed by atoms with Crippen molar-refractivity contribution in [1.29, 1.82) is 0 Å². The second kappa shape index (κ2) is 9.36. The number of hydrogen-bond acceptors (Lipinski definition) is 6. The molecule has 0 saturated heterocycles. The van der Waals surface area contributed by atoms with Gasteiger partial charge in [0.25, 0.3) is 0 Å². The van der Waals surface area contributed by atoms with E-state index in [1.807, 2.05) is 24.3 Å². The second-order valence-electron chi connectivity index (χ2n) is 9.24. The van der Waals surface area contributed by atoms with Gasteiger partial charge in [0.2, 0.25) is 11.8 Å². The molecular formula is C31H23N5OS. The highest BCUT2D eigenvalue weighted by molar-refractivity contribution is 7.99. The number of nitrogen functional groups attached to an aromatic ring is 1. The molecule has 3 aromatic heterocycles. The molecule has 0 aliphatic rings. The molecule has 7 heteroatoms. The molecule has 1 unspecified atom stereocenters. The van der Waals surface area contributed by atoms with Gasteiger partial charge in [-0.3, -0.25) is 0 Å². The first-order chi connectivity index (χ1) is 18.7. The fourth-order valence-corrected chi connectivity index (χ4v) is 6.01. The minimum atomic E-state index is 0.135. The quantitative estimate of drug-likeness (QED) is 0.142. The summed E-state index contributed by atoms with van der Waals surface area (Å²) in [6.07, 6.45) is 2.44. The molecule has 4 aromatic carbocycles. The molecule has 7 aromatic rings. The van der Waals surface area contributed by atoms with Crippen molar-refractivity contribution in [2.45, 2.75) is 16.7 Å². The zero-order valence-electron chi connectivity index (χ0n) is 20.4. The highest BCUT2D eigenvalue weighted by atomic mass is 32.2. The summed E-state index contributed by atoms with van der Waals surface area (Å²) in [6, 6.07) is 35.9. The van der Waals surface area contributed by atoms with Gasteiger partial charge in [0, 0.05) is 11.3 Å². The molecule has 0 bridgehead atoms. The van der Waals surface area contributed by atoms with Crippen molar-refractivity contribution in [2.24, 2.45) is 0 Å². The predicted molar refractivity (Wildman–Crippen MR) is 153 cm³/mol. The van der Waals surface area contributed by atoms with Crippen molar-refractivity contribution >= 4 is 44.9 Å². The third-order valence-corrected chi connectivity index (χ3v) is 7.87. The first kappa shape index (κ1) is 22.6. The van der Waals surface area contributed by atoms with Crippen LogP contribution >= 0.6 is 11.8 Å². The van der Waals surface area contributed by atoms with Gasteiger partial charge in [-0.15, -0.1) is 5.10 Å². The molecule has 0 saturated carbocycles. The molecule has 0 radical (unpaired) electrons. The third kappa shape index (κ3) is 4.27. The number of aromatic nitrogens is 4. The van der Waals surface area contributed by atoms with Crippen LogP contribution in [0.15, 0.2) is 119 Å². The minimum Gasteiger partial charge on any atom is -0.461 e. The smallest absolute Gasteiger partial charge is 0.224 e. The van der Waals surface area contributed by atoms with E-state index in [0.29, 0.717) is 23.2 Å². The maximum absolute atomic E-state index is 6.30. The van der Waals surface area contributed by atoms with E-state index in [1.165, 1.54) is 32.7 Å². The van der Waals surface area contributed by atoms with Gasteiger partial charge in [-0.1, -0.05) is 84.6 Å². The molecule has 0 aliphatic heterocycles. The van der Waals surface area contributed by atoms with Crippen molar-refractivity contribution in [2.75, 3.05) is 5.73 Å². The molecule has 6 nitrogen and oxygen atoms in total. The second-order valence-corrected chi connectivity index (χ2v) is 10.5. The molecule has 0 amide bonds. The summed E-state index contributed by atoms with van der Waals surface area (Å²) in [5.41, 5.74) is 9.44. The minimum absolute atomic E-state index is 0.135. The molecular weight excluding hydrogens is 490 g/mol. The van der Waals surface area contributed by atoms with E-state index in [0.717, 1.165) is 11.4 Å². The number of benzene rings is 4. The number of thioether (sulfide) groups is 1. The largest absolute Gasteiger partial charge is 0.461 e. The van der Waals surface area contributed by atoms with Crippen LogP contribution < -0.4 is 5.73 Å². The third-order valence-electron chi connectivity index (χ3n) is 6.69. The van der Waals surface area contributed by atoms with E-state index in [4.69, 9.17) is 10.2 Å². The number of hydrogen-bond donors (Lipinski definition) is 1. The van der Waals surface area contributed by atoms with E-state index in [-0.39, 0.29) is 5.25 Å². The van der Waals surface area contributed by atoms with Gasteiger partial charge < -0.3 is 10.2 Å². The van der Waals surface area contributed by atoms with Crippen LogP contribution in [0.5, 0.6) is 0 Å². The monoisotopic (exact) mass is 513 g/mol. The summed E-state index contributed by atoms with van der Waals surface area (Å²) >= 11 is 1.68. The molecule has 184 valence electrons. The standard InChI is InChI=1S/C31H23N5OS/c32-31-34-29(19-28-33-30(35-36(28)31)26-11-6-14-37-26)38-27(21-7-2-1-3-8-21)16-20-12-13-24-17-22-9-4-5-10-23(22)18-25(24)15-20/h1-15,17-19,27H,16H2,(H2,32,34). The van der Waals surface area contributed by atoms with Crippen LogP contribution in [0.2, 0.25) is 0 Å². The van der Waals surface area contributed by atoms with Gasteiger partial charge in [-0.05, 0) is 63.4 Å². The number of anilines is 1. The molecule has 2 N–H and O–H groups in total. The van der Waals surface area contributed by atoms with E-state index < -0.39 is 0 Å².